The number of fused-ring (bicyclic) bond motifs is 1. The topological polar surface area (TPSA) is 119 Å². The molecule has 3 heterocycles. The van der Waals surface area contributed by atoms with Gasteiger partial charge in [0.25, 0.3) is 0 Å². The highest BCUT2D eigenvalue weighted by Crippen LogP contribution is 2.33. The molecular weight excluding hydrogens is 293 g/mol. The lowest BCUT2D eigenvalue weighted by Gasteiger charge is -2.16. The van der Waals surface area contributed by atoms with E-state index in [1.165, 1.54) is 10.9 Å². The van der Waals surface area contributed by atoms with Crippen molar-refractivity contribution in [3.63, 3.8) is 0 Å². The smallest absolute Gasteiger partial charge is 0.223 e. The molecule has 0 aromatic carbocycles. The van der Waals surface area contributed by atoms with E-state index in [1.54, 1.807) is 0 Å². The van der Waals surface area contributed by atoms with Crippen LogP contribution in [0, 0.1) is 0 Å². The molecule has 0 spiro atoms. The Morgan fingerprint density at radius 1 is 1.50 bits per heavy atom. The van der Waals surface area contributed by atoms with Crippen molar-refractivity contribution in [2.24, 2.45) is 0 Å². The van der Waals surface area contributed by atoms with E-state index in [4.69, 9.17) is 27.2 Å². The van der Waals surface area contributed by atoms with E-state index in [9.17, 15) is 9.50 Å². The standard InChI is InChI=1S/C10H11ClFN5O3/c11-7-5-8(16-10(13)15-7)17(2-14-5)9-6(19)4(12)3(1-18)20-9/h2-4,6,9,18-19H,1H2,(H2,13,15,16)/t3-,4-,6-,9-/m1/s1. The number of anilines is 1. The average Bonchev–Trinajstić information content (AvgIpc) is 2.93. The third kappa shape index (κ3) is 1.90. The summed E-state index contributed by atoms with van der Waals surface area (Å²) in [5, 5.41) is 18.9. The zero-order chi connectivity index (χ0) is 14.4. The lowest BCUT2D eigenvalue weighted by atomic mass is 10.1. The monoisotopic (exact) mass is 303 g/mol. The summed E-state index contributed by atoms with van der Waals surface area (Å²) < 4.78 is 20.3. The number of halogens is 2. The highest BCUT2D eigenvalue weighted by Gasteiger charge is 2.45. The summed E-state index contributed by atoms with van der Waals surface area (Å²) >= 11 is 5.88. The average molecular weight is 304 g/mol. The zero-order valence-corrected chi connectivity index (χ0v) is 10.8. The fourth-order valence-electron chi connectivity index (χ4n) is 2.17. The minimum atomic E-state index is -1.71. The van der Waals surface area contributed by atoms with Crippen LogP contribution in [0.2, 0.25) is 5.15 Å². The van der Waals surface area contributed by atoms with Gasteiger partial charge in [0.2, 0.25) is 5.95 Å². The molecule has 0 unspecified atom stereocenters. The first-order chi connectivity index (χ1) is 9.52. The Morgan fingerprint density at radius 3 is 2.90 bits per heavy atom. The molecule has 10 heteroatoms. The van der Waals surface area contributed by atoms with Crippen molar-refractivity contribution in [3.8, 4) is 0 Å². The molecule has 0 amide bonds. The van der Waals surface area contributed by atoms with Crippen LogP contribution in [0.1, 0.15) is 6.23 Å². The van der Waals surface area contributed by atoms with Crippen molar-refractivity contribution in [3.05, 3.63) is 11.5 Å². The van der Waals surface area contributed by atoms with Gasteiger partial charge >= 0.3 is 0 Å². The molecule has 0 aliphatic carbocycles. The van der Waals surface area contributed by atoms with Gasteiger partial charge in [0.05, 0.1) is 12.9 Å². The highest BCUT2D eigenvalue weighted by molar-refractivity contribution is 6.33. The Morgan fingerprint density at radius 2 is 2.25 bits per heavy atom. The molecule has 1 saturated heterocycles. The molecule has 0 radical (unpaired) electrons. The number of nitrogen functional groups attached to an aromatic ring is 1. The summed E-state index contributed by atoms with van der Waals surface area (Å²) in [5.41, 5.74) is 5.98. The second-order valence-electron chi connectivity index (χ2n) is 4.38. The highest BCUT2D eigenvalue weighted by atomic mass is 35.5. The summed E-state index contributed by atoms with van der Waals surface area (Å²) in [6.07, 6.45) is -4.05. The van der Waals surface area contributed by atoms with E-state index >= 15 is 0 Å². The normalized spacial score (nSPS) is 30.2. The van der Waals surface area contributed by atoms with E-state index in [0.29, 0.717) is 0 Å². The lowest BCUT2D eigenvalue weighted by molar-refractivity contribution is -0.0495. The first kappa shape index (κ1) is 13.4. The molecule has 2 aromatic heterocycles. The molecule has 108 valence electrons. The third-order valence-electron chi connectivity index (χ3n) is 3.14. The van der Waals surface area contributed by atoms with Crippen LogP contribution in [0.25, 0.3) is 11.2 Å². The molecule has 20 heavy (non-hydrogen) atoms. The Hall–Kier alpha value is -1.55. The van der Waals surface area contributed by atoms with E-state index in [2.05, 4.69) is 15.0 Å². The molecule has 4 atom stereocenters. The first-order valence-corrected chi connectivity index (χ1v) is 6.14. The second-order valence-corrected chi connectivity index (χ2v) is 4.74. The summed E-state index contributed by atoms with van der Waals surface area (Å²) in [6, 6.07) is 0. The van der Waals surface area contributed by atoms with Crippen LogP contribution in [-0.4, -0.2) is 54.7 Å². The van der Waals surface area contributed by atoms with Crippen molar-refractivity contribution < 1.29 is 19.3 Å². The van der Waals surface area contributed by atoms with Gasteiger partial charge in [-0.1, -0.05) is 11.6 Å². The van der Waals surface area contributed by atoms with Gasteiger partial charge in [-0.2, -0.15) is 9.97 Å². The van der Waals surface area contributed by atoms with Crippen molar-refractivity contribution >= 4 is 28.7 Å². The van der Waals surface area contributed by atoms with E-state index in [0.717, 1.165) is 0 Å². The van der Waals surface area contributed by atoms with Gasteiger partial charge in [-0.05, 0) is 0 Å². The second kappa shape index (κ2) is 4.77. The van der Waals surface area contributed by atoms with Gasteiger partial charge in [-0.3, -0.25) is 4.57 Å². The minimum absolute atomic E-state index is 0.0502. The number of ether oxygens (including phenoxy) is 1. The van der Waals surface area contributed by atoms with Gasteiger partial charge in [0, 0.05) is 0 Å². The van der Waals surface area contributed by atoms with Crippen molar-refractivity contribution in [2.75, 3.05) is 12.3 Å². The summed E-state index contributed by atoms with van der Waals surface area (Å²) in [6.45, 7) is -0.542. The number of rotatable bonds is 2. The van der Waals surface area contributed by atoms with Gasteiger partial charge in [0.1, 0.15) is 17.7 Å². The van der Waals surface area contributed by atoms with E-state index in [1.807, 2.05) is 0 Å². The van der Waals surface area contributed by atoms with Crippen molar-refractivity contribution in [2.45, 2.75) is 24.6 Å². The molecule has 1 aliphatic rings. The van der Waals surface area contributed by atoms with Crippen LogP contribution < -0.4 is 5.73 Å². The predicted molar refractivity (Wildman–Crippen MR) is 66.6 cm³/mol. The fourth-order valence-corrected chi connectivity index (χ4v) is 2.39. The Kier molecular flexibility index (Phi) is 3.21. The van der Waals surface area contributed by atoms with Crippen LogP contribution in [0.4, 0.5) is 10.3 Å². The van der Waals surface area contributed by atoms with Gasteiger partial charge in [-0.15, -0.1) is 0 Å². The fraction of sp³-hybridized carbons (Fsp3) is 0.500. The number of aromatic nitrogens is 4. The Balaban J connectivity index is 2.07. The number of aliphatic hydroxyl groups excluding tert-OH is 2. The summed E-state index contributed by atoms with van der Waals surface area (Å²) in [7, 11) is 0. The maximum absolute atomic E-state index is 13.7. The number of alkyl halides is 1. The largest absolute Gasteiger partial charge is 0.394 e. The van der Waals surface area contributed by atoms with Crippen LogP contribution >= 0.6 is 11.6 Å². The number of hydrogen-bond acceptors (Lipinski definition) is 7. The van der Waals surface area contributed by atoms with Gasteiger partial charge < -0.3 is 20.7 Å². The SMILES string of the molecule is Nc1nc(Cl)c2ncn([C@@H]3O[C@H](CO)[C@@H](F)[C@H]3O)c2n1. The Labute approximate surface area is 117 Å². The maximum Gasteiger partial charge on any atom is 0.223 e. The quantitative estimate of drug-likeness (QED) is 0.649. The van der Waals surface area contributed by atoms with Gasteiger partial charge in [-0.25, -0.2) is 9.37 Å². The van der Waals surface area contributed by atoms with Crippen LogP contribution in [0.3, 0.4) is 0 Å². The molecule has 8 nitrogen and oxygen atoms in total. The minimum Gasteiger partial charge on any atom is -0.394 e. The van der Waals surface area contributed by atoms with Crippen molar-refractivity contribution in [1.82, 2.24) is 19.5 Å². The third-order valence-corrected chi connectivity index (χ3v) is 3.40. The number of nitrogens with two attached hydrogens (primary N) is 1. The molecular formula is C10H11ClFN5O3. The first-order valence-electron chi connectivity index (χ1n) is 5.77. The lowest BCUT2D eigenvalue weighted by Crippen LogP contribution is -2.29. The predicted octanol–water partition coefficient (Wildman–Crippen LogP) is -0.349. The van der Waals surface area contributed by atoms with E-state index in [-0.39, 0.29) is 22.3 Å². The number of hydrogen-bond donors (Lipinski definition) is 3. The molecule has 4 N–H and O–H groups in total. The molecule has 1 aliphatic heterocycles. The Bertz CT molecular complexity index is 653. The van der Waals surface area contributed by atoms with E-state index < -0.39 is 31.2 Å². The number of imidazole rings is 1. The molecule has 3 rings (SSSR count). The zero-order valence-electron chi connectivity index (χ0n) is 10.0. The molecule has 1 fully saturated rings. The number of aliphatic hydroxyl groups is 2. The molecule has 0 bridgehead atoms. The van der Waals surface area contributed by atoms with Crippen LogP contribution in [0.15, 0.2) is 6.33 Å². The molecule has 0 saturated carbocycles. The molecule has 2 aromatic rings. The number of nitrogens with zero attached hydrogens (tertiary/aromatic N) is 4. The summed E-state index contributed by atoms with van der Waals surface area (Å²) in [5.74, 6) is -0.0766. The summed E-state index contributed by atoms with van der Waals surface area (Å²) in [4.78, 5) is 11.7. The van der Waals surface area contributed by atoms with Crippen molar-refractivity contribution in [1.29, 1.82) is 0 Å². The van der Waals surface area contributed by atoms with Gasteiger partial charge in [0.15, 0.2) is 23.2 Å². The maximum atomic E-state index is 13.7. The van der Waals surface area contributed by atoms with Crippen LogP contribution in [-0.2, 0) is 4.74 Å². The van der Waals surface area contributed by atoms with Crippen LogP contribution in [0.5, 0.6) is 0 Å².